The first-order valence-corrected chi connectivity index (χ1v) is 9.80. The lowest BCUT2D eigenvalue weighted by atomic mass is 10.1. The van der Waals surface area contributed by atoms with Crippen LogP contribution in [0.5, 0.6) is 0 Å². The van der Waals surface area contributed by atoms with Crippen molar-refractivity contribution in [1.82, 2.24) is 14.8 Å². The average molecular weight is 417 g/mol. The Morgan fingerprint density at radius 1 is 0.885 bits per heavy atom. The molecule has 7 heteroatoms. The standard InChI is InChI=1S/C19H21BrN4O2/c20-14-3-4-15-16(13-14)21-6-5-17(15)22-9-11-24(12-10-22)19(26)18(25)23-7-1-2-8-23/h3-6,13H,1-2,7-12H2. The zero-order valence-corrected chi connectivity index (χ0v) is 16.1. The van der Waals surface area contributed by atoms with E-state index in [-0.39, 0.29) is 11.8 Å². The topological polar surface area (TPSA) is 56.8 Å². The Kier molecular flexibility index (Phi) is 4.80. The third kappa shape index (κ3) is 3.28. The Hall–Kier alpha value is -2.15. The number of hydrogen-bond donors (Lipinski definition) is 0. The minimum absolute atomic E-state index is 0.338. The van der Waals surface area contributed by atoms with E-state index in [4.69, 9.17) is 0 Å². The Morgan fingerprint density at radius 3 is 2.23 bits per heavy atom. The van der Waals surface area contributed by atoms with Gasteiger partial charge in [0.25, 0.3) is 0 Å². The highest BCUT2D eigenvalue weighted by atomic mass is 79.9. The van der Waals surface area contributed by atoms with Crippen molar-refractivity contribution in [3.05, 3.63) is 34.9 Å². The summed E-state index contributed by atoms with van der Waals surface area (Å²) in [6.45, 7) is 3.99. The number of benzene rings is 1. The van der Waals surface area contributed by atoms with Crippen molar-refractivity contribution in [3.8, 4) is 0 Å². The summed E-state index contributed by atoms with van der Waals surface area (Å²) in [5, 5.41) is 1.10. The van der Waals surface area contributed by atoms with Crippen molar-refractivity contribution in [2.75, 3.05) is 44.2 Å². The molecule has 2 amide bonds. The first-order valence-electron chi connectivity index (χ1n) is 9.01. The molecule has 136 valence electrons. The van der Waals surface area contributed by atoms with Crippen LogP contribution >= 0.6 is 15.9 Å². The largest absolute Gasteiger partial charge is 0.367 e. The van der Waals surface area contributed by atoms with Gasteiger partial charge in [0.2, 0.25) is 0 Å². The summed E-state index contributed by atoms with van der Waals surface area (Å²) in [7, 11) is 0. The van der Waals surface area contributed by atoms with Crippen molar-refractivity contribution in [3.63, 3.8) is 0 Å². The number of rotatable bonds is 1. The van der Waals surface area contributed by atoms with Gasteiger partial charge in [-0.05, 0) is 37.1 Å². The minimum atomic E-state index is -0.352. The third-order valence-corrected chi connectivity index (χ3v) is 5.66. The highest BCUT2D eigenvalue weighted by molar-refractivity contribution is 9.10. The molecule has 2 saturated heterocycles. The van der Waals surface area contributed by atoms with Crippen LogP contribution in [0.15, 0.2) is 34.9 Å². The second kappa shape index (κ2) is 7.23. The molecule has 0 spiro atoms. The van der Waals surface area contributed by atoms with Gasteiger partial charge in [-0.1, -0.05) is 15.9 Å². The van der Waals surface area contributed by atoms with Gasteiger partial charge in [0, 0.05) is 61.0 Å². The van der Waals surface area contributed by atoms with Crippen LogP contribution in [-0.4, -0.2) is 65.9 Å². The molecule has 4 rings (SSSR count). The summed E-state index contributed by atoms with van der Waals surface area (Å²) in [4.78, 5) is 34.9. The first kappa shape index (κ1) is 17.3. The van der Waals surface area contributed by atoms with Crippen LogP contribution in [0, 0.1) is 0 Å². The van der Waals surface area contributed by atoms with E-state index < -0.39 is 0 Å². The fraction of sp³-hybridized carbons (Fsp3) is 0.421. The Balaban J connectivity index is 1.45. The molecule has 1 aromatic heterocycles. The van der Waals surface area contributed by atoms with Crippen LogP contribution < -0.4 is 4.90 Å². The van der Waals surface area contributed by atoms with Gasteiger partial charge in [-0.15, -0.1) is 0 Å². The van der Waals surface area contributed by atoms with E-state index in [1.54, 1.807) is 9.80 Å². The molecule has 26 heavy (non-hydrogen) atoms. The average Bonchev–Trinajstić information content (AvgIpc) is 3.21. The van der Waals surface area contributed by atoms with E-state index >= 15 is 0 Å². The maximum absolute atomic E-state index is 12.5. The molecular weight excluding hydrogens is 396 g/mol. The van der Waals surface area contributed by atoms with Gasteiger partial charge in [0.1, 0.15) is 0 Å². The summed E-state index contributed by atoms with van der Waals surface area (Å²) in [6.07, 6.45) is 3.81. The molecule has 6 nitrogen and oxygen atoms in total. The number of carbonyl (C=O) groups excluding carboxylic acids is 2. The number of pyridine rings is 1. The quantitative estimate of drug-likeness (QED) is 0.669. The molecule has 0 aliphatic carbocycles. The lowest BCUT2D eigenvalue weighted by Crippen LogP contribution is -2.53. The molecule has 0 bridgehead atoms. The van der Waals surface area contributed by atoms with Crippen molar-refractivity contribution >= 4 is 44.3 Å². The number of anilines is 1. The normalized spacial score (nSPS) is 17.8. The van der Waals surface area contributed by atoms with Gasteiger partial charge in [-0.2, -0.15) is 0 Å². The summed E-state index contributed by atoms with van der Waals surface area (Å²) >= 11 is 3.48. The Bertz CT molecular complexity index is 843. The Morgan fingerprint density at radius 2 is 1.54 bits per heavy atom. The molecule has 2 aromatic rings. The summed E-state index contributed by atoms with van der Waals surface area (Å²) in [5.41, 5.74) is 2.07. The summed E-state index contributed by atoms with van der Waals surface area (Å²) in [5.74, 6) is -0.690. The first-order chi connectivity index (χ1) is 12.6. The highest BCUT2D eigenvalue weighted by Gasteiger charge is 2.31. The molecule has 0 radical (unpaired) electrons. The number of fused-ring (bicyclic) bond motifs is 1. The van der Waals surface area contributed by atoms with Crippen molar-refractivity contribution in [2.24, 2.45) is 0 Å². The fourth-order valence-corrected chi connectivity index (χ4v) is 4.07. The van der Waals surface area contributed by atoms with Crippen LogP contribution in [0.2, 0.25) is 0 Å². The highest BCUT2D eigenvalue weighted by Crippen LogP contribution is 2.28. The van der Waals surface area contributed by atoms with E-state index in [1.165, 1.54) is 0 Å². The van der Waals surface area contributed by atoms with Gasteiger partial charge >= 0.3 is 11.8 Å². The second-order valence-electron chi connectivity index (χ2n) is 6.77. The number of amides is 2. The molecule has 3 heterocycles. The number of likely N-dealkylation sites (tertiary alicyclic amines) is 1. The van der Waals surface area contributed by atoms with Crippen LogP contribution in [0.25, 0.3) is 10.9 Å². The predicted molar refractivity (Wildman–Crippen MR) is 104 cm³/mol. The van der Waals surface area contributed by atoms with Crippen LogP contribution in [-0.2, 0) is 9.59 Å². The number of piperazine rings is 1. The van der Waals surface area contributed by atoms with Crippen molar-refractivity contribution in [2.45, 2.75) is 12.8 Å². The third-order valence-electron chi connectivity index (χ3n) is 5.17. The van der Waals surface area contributed by atoms with Crippen LogP contribution in [0.3, 0.4) is 0 Å². The zero-order valence-electron chi connectivity index (χ0n) is 14.5. The maximum Gasteiger partial charge on any atom is 0.312 e. The number of aromatic nitrogens is 1. The van der Waals surface area contributed by atoms with Crippen molar-refractivity contribution in [1.29, 1.82) is 0 Å². The molecule has 0 N–H and O–H groups in total. The van der Waals surface area contributed by atoms with E-state index in [0.717, 1.165) is 33.9 Å². The SMILES string of the molecule is O=C(C(=O)N1CCN(c2ccnc3cc(Br)ccc23)CC1)N1CCCC1. The summed E-state index contributed by atoms with van der Waals surface area (Å²) < 4.78 is 1.01. The number of nitrogens with zero attached hydrogens (tertiary/aromatic N) is 4. The zero-order chi connectivity index (χ0) is 18.1. The molecule has 0 atom stereocenters. The molecule has 0 unspecified atom stereocenters. The number of carbonyl (C=O) groups is 2. The molecular formula is C19H21BrN4O2. The van der Waals surface area contributed by atoms with E-state index in [2.05, 4.69) is 31.9 Å². The van der Waals surface area contributed by atoms with E-state index in [0.29, 0.717) is 39.3 Å². The molecule has 2 aliphatic heterocycles. The van der Waals surface area contributed by atoms with E-state index in [1.807, 2.05) is 24.4 Å². The molecule has 2 aliphatic rings. The van der Waals surface area contributed by atoms with Gasteiger partial charge < -0.3 is 14.7 Å². The van der Waals surface area contributed by atoms with Gasteiger partial charge in [0.15, 0.2) is 0 Å². The molecule has 0 saturated carbocycles. The Labute approximate surface area is 160 Å². The predicted octanol–water partition coefficient (Wildman–Crippen LogP) is 2.27. The van der Waals surface area contributed by atoms with Crippen LogP contribution in [0.4, 0.5) is 5.69 Å². The number of halogens is 1. The maximum atomic E-state index is 12.5. The monoisotopic (exact) mass is 416 g/mol. The second-order valence-corrected chi connectivity index (χ2v) is 7.69. The molecule has 1 aromatic carbocycles. The van der Waals surface area contributed by atoms with Crippen LogP contribution in [0.1, 0.15) is 12.8 Å². The van der Waals surface area contributed by atoms with E-state index in [9.17, 15) is 9.59 Å². The number of hydrogen-bond acceptors (Lipinski definition) is 4. The lowest BCUT2D eigenvalue weighted by molar-refractivity contribution is -0.151. The molecule has 2 fully saturated rings. The van der Waals surface area contributed by atoms with Crippen molar-refractivity contribution < 1.29 is 9.59 Å². The smallest absolute Gasteiger partial charge is 0.312 e. The van der Waals surface area contributed by atoms with Gasteiger partial charge in [-0.3, -0.25) is 14.6 Å². The van der Waals surface area contributed by atoms with Gasteiger partial charge in [0.05, 0.1) is 5.52 Å². The minimum Gasteiger partial charge on any atom is -0.367 e. The summed E-state index contributed by atoms with van der Waals surface area (Å²) in [6, 6.07) is 8.11. The van der Waals surface area contributed by atoms with Gasteiger partial charge in [-0.25, -0.2) is 0 Å². The lowest BCUT2D eigenvalue weighted by Gasteiger charge is -2.36. The fourth-order valence-electron chi connectivity index (χ4n) is 3.72.